The van der Waals surface area contributed by atoms with Crippen LogP contribution in [0.2, 0.25) is 0 Å². The first-order valence-electron chi connectivity index (χ1n) is 5.36. The Morgan fingerprint density at radius 1 is 1.47 bits per heavy atom. The van der Waals surface area contributed by atoms with E-state index in [1.54, 1.807) is 13.2 Å². The lowest BCUT2D eigenvalue weighted by atomic mass is 10.3. The third kappa shape index (κ3) is 4.72. The molecule has 1 aromatic heterocycles. The highest BCUT2D eigenvalue weighted by molar-refractivity contribution is 7.14. The molecule has 6 heteroatoms. The van der Waals surface area contributed by atoms with Gasteiger partial charge >= 0.3 is 0 Å². The molecule has 0 aliphatic heterocycles. The number of ether oxygens (including phenoxy) is 2. The first kappa shape index (κ1) is 14.0. The molecule has 0 atom stereocenters. The Balaban J connectivity index is 2.21. The molecule has 1 heterocycles. The van der Waals surface area contributed by atoms with Crippen molar-refractivity contribution >= 4 is 22.9 Å². The number of hydrogen-bond donors (Lipinski definition) is 2. The molecule has 0 radical (unpaired) electrons. The number of nitrogens with two attached hydrogens (primary N) is 1. The van der Waals surface area contributed by atoms with Gasteiger partial charge in [0.05, 0.1) is 24.7 Å². The molecular formula is C11H18N2O3S. The minimum absolute atomic E-state index is 0.106. The van der Waals surface area contributed by atoms with Crippen LogP contribution >= 0.6 is 11.3 Å². The predicted molar refractivity (Wildman–Crippen MR) is 68.5 cm³/mol. The summed E-state index contributed by atoms with van der Waals surface area (Å²) < 4.78 is 10.1. The van der Waals surface area contributed by atoms with Gasteiger partial charge in [-0.25, -0.2) is 0 Å². The lowest BCUT2D eigenvalue weighted by Crippen LogP contribution is -2.26. The summed E-state index contributed by atoms with van der Waals surface area (Å²) >= 11 is 1.40. The molecule has 0 spiro atoms. The smallest absolute Gasteiger partial charge is 0.261 e. The van der Waals surface area contributed by atoms with Crippen molar-refractivity contribution in [3.8, 4) is 0 Å². The number of aryl methyl sites for hydroxylation is 1. The summed E-state index contributed by atoms with van der Waals surface area (Å²) in [6.07, 6.45) is 0. The maximum Gasteiger partial charge on any atom is 0.261 e. The Bertz CT molecular complexity index is 346. The number of hydrogen-bond acceptors (Lipinski definition) is 5. The zero-order valence-electron chi connectivity index (χ0n) is 10.1. The Morgan fingerprint density at radius 3 is 2.82 bits per heavy atom. The van der Waals surface area contributed by atoms with Crippen molar-refractivity contribution in [1.82, 2.24) is 5.32 Å². The van der Waals surface area contributed by atoms with E-state index in [0.29, 0.717) is 36.9 Å². The van der Waals surface area contributed by atoms with E-state index in [4.69, 9.17) is 15.2 Å². The fraction of sp³-hybridized carbons (Fsp3) is 0.545. The summed E-state index contributed by atoms with van der Waals surface area (Å²) in [5.41, 5.74) is 6.34. The van der Waals surface area contributed by atoms with Crippen molar-refractivity contribution in [2.45, 2.75) is 6.92 Å². The molecule has 0 unspecified atom stereocenters. The first-order valence-corrected chi connectivity index (χ1v) is 6.17. The third-order valence-corrected chi connectivity index (χ3v) is 3.21. The second-order valence-electron chi connectivity index (χ2n) is 3.48. The maximum absolute atomic E-state index is 11.7. The monoisotopic (exact) mass is 258 g/mol. The van der Waals surface area contributed by atoms with Crippen molar-refractivity contribution < 1.29 is 14.3 Å². The highest BCUT2D eigenvalue weighted by atomic mass is 32.1. The topological polar surface area (TPSA) is 73.6 Å². The fourth-order valence-electron chi connectivity index (χ4n) is 1.18. The summed E-state index contributed by atoms with van der Waals surface area (Å²) in [5.74, 6) is -0.106. The van der Waals surface area contributed by atoms with Gasteiger partial charge in [-0.05, 0) is 13.0 Å². The molecule has 0 saturated heterocycles. The van der Waals surface area contributed by atoms with Gasteiger partial charge in [0.1, 0.15) is 0 Å². The van der Waals surface area contributed by atoms with Crippen LogP contribution < -0.4 is 11.1 Å². The summed E-state index contributed by atoms with van der Waals surface area (Å²) in [7, 11) is 1.62. The van der Waals surface area contributed by atoms with Crippen molar-refractivity contribution in [2.24, 2.45) is 0 Å². The fourth-order valence-corrected chi connectivity index (χ4v) is 2.03. The lowest BCUT2D eigenvalue weighted by Gasteiger charge is -2.04. The highest BCUT2D eigenvalue weighted by Gasteiger charge is 2.09. The van der Waals surface area contributed by atoms with Crippen molar-refractivity contribution in [3.63, 3.8) is 0 Å². The first-order chi connectivity index (χ1) is 8.15. The van der Waals surface area contributed by atoms with E-state index < -0.39 is 0 Å². The Morgan fingerprint density at radius 2 is 2.24 bits per heavy atom. The summed E-state index contributed by atoms with van der Waals surface area (Å²) in [5, 5.41) is 2.77. The Kier molecular flexibility index (Phi) is 5.96. The minimum atomic E-state index is -0.106. The van der Waals surface area contributed by atoms with Gasteiger partial charge in [0, 0.05) is 24.2 Å². The molecule has 5 nitrogen and oxygen atoms in total. The molecule has 0 bridgehead atoms. The summed E-state index contributed by atoms with van der Waals surface area (Å²) in [4.78, 5) is 13.3. The predicted octanol–water partition coefficient (Wildman–Crippen LogP) is 1.03. The highest BCUT2D eigenvalue weighted by Crippen LogP contribution is 2.22. The molecule has 0 aliphatic carbocycles. The molecule has 0 aliphatic rings. The van der Waals surface area contributed by atoms with Gasteiger partial charge in [-0.3, -0.25) is 4.79 Å². The molecule has 3 N–H and O–H groups in total. The van der Waals surface area contributed by atoms with Crippen molar-refractivity contribution in [3.05, 3.63) is 15.8 Å². The van der Waals surface area contributed by atoms with Gasteiger partial charge < -0.3 is 20.5 Å². The van der Waals surface area contributed by atoms with Crippen LogP contribution in [0.4, 0.5) is 5.69 Å². The molecule has 0 aromatic carbocycles. The molecule has 1 amide bonds. The van der Waals surface area contributed by atoms with Crippen LogP contribution in [0.15, 0.2) is 6.07 Å². The maximum atomic E-state index is 11.7. The molecule has 0 fully saturated rings. The number of anilines is 1. The molecule has 0 saturated carbocycles. The van der Waals surface area contributed by atoms with E-state index >= 15 is 0 Å². The molecule has 1 aromatic rings. The van der Waals surface area contributed by atoms with Crippen LogP contribution in [0.5, 0.6) is 0 Å². The zero-order valence-corrected chi connectivity index (χ0v) is 10.9. The second kappa shape index (κ2) is 7.26. The number of methoxy groups -OCH3 is 1. The van der Waals surface area contributed by atoms with E-state index in [2.05, 4.69) is 5.32 Å². The van der Waals surface area contributed by atoms with Gasteiger partial charge in [-0.15, -0.1) is 11.3 Å². The number of rotatable bonds is 7. The molecule has 17 heavy (non-hydrogen) atoms. The zero-order chi connectivity index (χ0) is 12.7. The van der Waals surface area contributed by atoms with Crippen LogP contribution in [0, 0.1) is 6.92 Å². The van der Waals surface area contributed by atoms with Crippen LogP contribution in [-0.4, -0.2) is 39.4 Å². The van der Waals surface area contributed by atoms with E-state index in [-0.39, 0.29) is 5.91 Å². The lowest BCUT2D eigenvalue weighted by molar-refractivity contribution is 0.0693. The third-order valence-electron chi connectivity index (χ3n) is 2.14. The van der Waals surface area contributed by atoms with Gasteiger partial charge in [-0.2, -0.15) is 0 Å². The van der Waals surface area contributed by atoms with Gasteiger partial charge in [0.15, 0.2) is 0 Å². The normalized spacial score (nSPS) is 10.5. The largest absolute Gasteiger partial charge is 0.398 e. The number of amides is 1. The van der Waals surface area contributed by atoms with E-state index in [0.717, 1.165) is 4.88 Å². The van der Waals surface area contributed by atoms with Gasteiger partial charge in [-0.1, -0.05) is 0 Å². The molecule has 1 rings (SSSR count). The SMILES string of the molecule is COCCOCCNC(=O)c1cc(N)c(C)s1. The number of nitrogens with one attached hydrogen (secondary N) is 1. The van der Waals surface area contributed by atoms with E-state index in [1.807, 2.05) is 6.92 Å². The van der Waals surface area contributed by atoms with E-state index in [9.17, 15) is 4.79 Å². The molecular weight excluding hydrogens is 240 g/mol. The standard InChI is InChI=1S/C11H18N2O3S/c1-8-9(12)7-10(17-8)11(14)13-3-4-16-6-5-15-2/h7H,3-6,12H2,1-2H3,(H,13,14). The van der Waals surface area contributed by atoms with Crippen LogP contribution in [0.25, 0.3) is 0 Å². The van der Waals surface area contributed by atoms with Gasteiger partial charge in [0.2, 0.25) is 0 Å². The van der Waals surface area contributed by atoms with Gasteiger partial charge in [0.25, 0.3) is 5.91 Å². The number of carbonyl (C=O) groups is 1. The van der Waals surface area contributed by atoms with Crippen molar-refractivity contribution in [2.75, 3.05) is 39.2 Å². The average Bonchev–Trinajstić information content (AvgIpc) is 2.64. The second-order valence-corrected chi connectivity index (χ2v) is 4.74. The number of nitrogen functional groups attached to an aromatic ring is 1. The number of carbonyl (C=O) groups excluding carboxylic acids is 1. The van der Waals surface area contributed by atoms with Crippen molar-refractivity contribution in [1.29, 1.82) is 0 Å². The quantitative estimate of drug-likeness (QED) is 0.716. The van der Waals surface area contributed by atoms with Crippen LogP contribution in [0.1, 0.15) is 14.5 Å². The molecule has 96 valence electrons. The van der Waals surface area contributed by atoms with E-state index in [1.165, 1.54) is 11.3 Å². The average molecular weight is 258 g/mol. The Hall–Kier alpha value is -1.11. The minimum Gasteiger partial charge on any atom is -0.398 e. The Labute approximate surface area is 105 Å². The van der Waals surface area contributed by atoms with Crippen LogP contribution in [-0.2, 0) is 9.47 Å². The van der Waals surface area contributed by atoms with Crippen LogP contribution in [0.3, 0.4) is 0 Å². The summed E-state index contributed by atoms with van der Waals surface area (Å²) in [6, 6.07) is 1.70. The summed E-state index contributed by atoms with van der Waals surface area (Å²) in [6.45, 7) is 3.96. The number of thiophene rings is 1.